The minimum atomic E-state index is -0.0490. The zero-order chi connectivity index (χ0) is 13.9. The highest BCUT2D eigenvalue weighted by Gasteiger charge is 2.24. The van der Waals surface area contributed by atoms with E-state index < -0.39 is 0 Å². The van der Waals surface area contributed by atoms with Crippen LogP contribution in [0.5, 0.6) is 0 Å². The number of nitrogens with zero attached hydrogens (tertiary/aromatic N) is 1. The standard InChI is InChI=1S/C15H18N2O3/c1-10(13-7-4-8-19-13)16-15(18)9-12-11-5-2-3-6-14(11)20-17-12/h2-3,5-6,10,13H,4,7-9H2,1H3,(H,16,18)/t10-,13+/m1/s1. The molecule has 1 saturated heterocycles. The number of para-hydroxylation sites is 1. The summed E-state index contributed by atoms with van der Waals surface area (Å²) in [5.74, 6) is -0.0490. The van der Waals surface area contributed by atoms with Crippen molar-refractivity contribution < 1.29 is 14.1 Å². The fourth-order valence-corrected chi connectivity index (χ4v) is 2.61. The molecule has 2 heterocycles. The van der Waals surface area contributed by atoms with E-state index in [2.05, 4.69) is 10.5 Å². The Morgan fingerprint density at radius 3 is 3.15 bits per heavy atom. The predicted octanol–water partition coefficient (Wildman–Crippen LogP) is 2.05. The lowest BCUT2D eigenvalue weighted by molar-refractivity contribution is -0.122. The van der Waals surface area contributed by atoms with E-state index in [9.17, 15) is 4.79 Å². The van der Waals surface area contributed by atoms with Crippen molar-refractivity contribution in [3.8, 4) is 0 Å². The molecule has 1 N–H and O–H groups in total. The Hall–Kier alpha value is -1.88. The van der Waals surface area contributed by atoms with E-state index >= 15 is 0 Å². The lowest BCUT2D eigenvalue weighted by Gasteiger charge is -2.19. The Morgan fingerprint density at radius 2 is 2.35 bits per heavy atom. The van der Waals surface area contributed by atoms with Gasteiger partial charge in [0.05, 0.1) is 18.6 Å². The van der Waals surface area contributed by atoms with Crippen LogP contribution in [0.1, 0.15) is 25.5 Å². The Bertz CT molecular complexity index is 602. The summed E-state index contributed by atoms with van der Waals surface area (Å²) in [7, 11) is 0. The third kappa shape index (κ3) is 2.67. The van der Waals surface area contributed by atoms with Crippen LogP contribution in [0, 0.1) is 0 Å². The van der Waals surface area contributed by atoms with Crippen LogP contribution in [0.25, 0.3) is 11.0 Å². The zero-order valence-corrected chi connectivity index (χ0v) is 11.5. The van der Waals surface area contributed by atoms with Crippen LogP contribution in [0.2, 0.25) is 0 Å². The molecule has 0 saturated carbocycles. The SMILES string of the molecule is C[C@@H](NC(=O)Cc1noc2ccccc12)[C@@H]1CCCO1. The lowest BCUT2D eigenvalue weighted by Crippen LogP contribution is -2.41. The fourth-order valence-electron chi connectivity index (χ4n) is 2.61. The molecule has 20 heavy (non-hydrogen) atoms. The molecule has 1 fully saturated rings. The third-order valence-electron chi connectivity index (χ3n) is 3.69. The van der Waals surface area contributed by atoms with Crippen molar-refractivity contribution >= 4 is 16.9 Å². The van der Waals surface area contributed by atoms with Crippen molar-refractivity contribution in [1.29, 1.82) is 0 Å². The average Bonchev–Trinajstić information content (AvgIpc) is 3.09. The number of amides is 1. The smallest absolute Gasteiger partial charge is 0.226 e. The van der Waals surface area contributed by atoms with E-state index in [1.54, 1.807) is 0 Å². The van der Waals surface area contributed by atoms with Gasteiger partial charge in [-0.25, -0.2) is 0 Å². The summed E-state index contributed by atoms with van der Waals surface area (Å²) in [6, 6.07) is 7.59. The molecule has 2 atom stereocenters. The summed E-state index contributed by atoms with van der Waals surface area (Å²) in [5, 5.41) is 7.85. The maximum Gasteiger partial charge on any atom is 0.226 e. The largest absolute Gasteiger partial charge is 0.376 e. The number of rotatable bonds is 4. The number of ether oxygens (including phenoxy) is 1. The molecular formula is C15H18N2O3. The van der Waals surface area contributed by atoms with Crippen LogP contribution >= 0.6 is 0 Å². The number of nitrogens with one attached hydrogen (secondary N) is 1. The van der Waals surface area contributed by atoms with E-state index in [0.717, 1.165) is 24.8 Å². The predicted molar refractivity (Wildman–Crippen MR) is 74.3 cm³/mol. The minimum absolute atomic E-state index is 0.0307. The van der Waals surface area contributed by atoms with Crippen LogP contribution in [-0.4, -0.2) is 29.8 Å². The van der Waals surface area contributed by atoms with Crippen molar-refractivity contribution in [3.63, 3.8) is 0 Å². The van der Waals surface area contributed by atoms with E-state index in [-0.39, 0.29) is 24.5 Å². The first-order valence-electron chi connectivity index (χ1n) is 6.98. The van der Waals surface area contributed by atoms with E-state index in [1.165, 1.54) is 0 Å². The summed E-state index contributed by atoms with van der Waals surface area (Å²) in [6.07, 6.45) is 2.44. The topological polar surface area (TPSA) is 64.4 Å². The first kappa shape index (κ1) is 13.1. The Kier molecular flexibility index (Phi) is 3.69. The number of carbonyl (C=O) groups is 1. The highest BCUT2D eigenvalue weighted by Crippen LogP contribution is 2.19. The zero-order valence-electron chi connectivity index (χ0n) is 11.5. The molecule has 2 aromatic rings. The summed E-state index contributed by atoms with van der Waals surface area (Å²) >= 11 is 0. The van der Waals surface area contributed by atoms with Crippen LogP contribution in [0.4, 0.5) is 0 Å². The molecule has 0 unspecified atom stereocenters. The van der Waals surface area contributed by atoms with Crippen LogP contribution in [0.15, 0.2) is 28.8 Å². The Morgan fingerprint density at radius 1 is 1.50 bits per heavy atom. The third-order valence-corrected chi connectivity index (χ3v) is 3.69. The van der Waals surface area contributed by atoms with Crippen molar-refractivity contribution in [1.82, 2.24) is 10.5 Å². The second-order valence-electron chi connectivity index (χ2n) is 5.21. The molecule has 106 valence electrons. The van der Waals surface area contributed by atoms with Crippen LogP contribution < -0.4 is 5.32 Å². The number of carbonyl (C=O) groups excluding carboxylic acids is 1. The number of hydrogen-bond donors (Lipinski definition) is 1. The van der Waals surface area contributed by atoms with E-state index in [0.29, 0.717) is 11.3 Å². The molecule has 1 aromatic heterocycles. The van der Waals surface area contributed by atoms with Gasteiger partial charge in [-0.1, -0.05) is 17.3 Å². The molecule has 1 amide bonds. The number of benzene rings is 1. The molecular weight excluding hydrogens is 256 g/mol. The molecule has 1 aliphatic rings. The molecule has 3 rings (SSSR count). The van der Waals surface area contributed by atoms with Gasteiger partial charge in [0.1, 0.15) is 5.69 Å². The van der Waals surface area contributed by atoms with Gasteiger partial charge in [0.2, 0.25) is 5.91 Å². The number of aromatic nitrogens is 1. The second kappa shape index (κ2) is 5.63. The van der Waals surface area contributed by atoms with Gasteiger partial charge in [0.15, 0.2) is 5.58 Å². The molecule has 5 nitrogen and oxygen atoms in total. The van der Waals surface area contributed by atoms with Gasteiger partial charge in [0.25, 0.3) is 0 Å². The summed E-state index contributed by atoms with van der Waals surface area (Å²) in [5.41, 5.74) is 1.39. The molecule has 0 radical (unpaired) electrons. The molecule has 1 aliphatic heterocycles. The average molecular weight is 274 g/mol. The Balaban J connectivity index is 1.63. The highest BCUT2D eigenvalue weighted by molar-refractivity contribution is 5.86. The van der Waals surface area contributed by atoms with Crippen molar-refractivity contribution in [2.24, 2.45) is 0 Å². The normalized spacial score (nSPS) is 20.1. The Labute approximate surface area is 117 Å². The summed E-state index contributed by atoms with van der Waals surface area (Å²) in [4.78, 5) is 12.1. The van der Waals surface area contributed by atoms with Gasteiger partial charge in [0, 0.05) is 12.0 Å². The van der Waals surface area contributed by atoms with Crippen LogP contribution in [-0.2, 0) is 16.0 Å². The number of fused-ring (bicyclic) bond motifs is 1. The summed E-state index contributed by atoms with van der Waals surface area (Å²) < 4.78 is 10.8. The quantitative estimate of drug-likeness (QED) is 0.926. The molecule has 0 spiro atoms. The van der Waals surface area contributed by atoms with Gasteiger partial charge >= 0.3 is 0 Å². The maximum atomic E-state index is 12.1. The van der Waals surface area contributed by atoms with E-state index in [4.69, 9.17) is 9.26 Å². The first-order valence-corrected chi connectivity index (χ1v) is 6.98. The van der Waals surface area contributed by atoms with Crippen molar-refractivity contribution in [2.75, 3.05) is 6.61 Å². The van der Waals surface area contributed by atoms with Crippen molar-refractivity contribution in [2.45, 2.75) is 38.3 Å². The van der Waals surface area contributed by atoms with Gasteiger partial charge in [-0.05, 0) is 31.9 Å². The fraction of sp³-hybridized carbons (Fsp3) is 0.467. The highest BCUT2D eigenvalue weighted by atomic mass is 16.5. The first-order chi connectivity index (χ1) is 9.74. The van der Waals surface area contributed by atoms with Crippen molar-refractivity contribution in [3.05, 3.63) is 30.0 Å². The van der Waals surface area contributed by atoms with Gasteiger partial charge in [-0.3, -0.25) is 4.79 Å². The minimum Gasteiger partial charge on any atom is -0.376 e. The van der Waals surface area contributed by atoms with Gasteiger partial charge < -0.3 is 14.6 Å². The van der Waals surface area contributed by atoms with Gasteiger partial charge in [-0.2, -0.15) is 0 Å². The molecule has 5 heteroatoms. The molecule has 0 bridgehead atoms. The monoisotopic (exact) mass is 274 g/mol. The number of hydrogen-bond acceptors (Lipinski definition) is 4. The second-order valence-corrected chi connectivity index (χ2v) is 5.21. The summed E-state index contributed by atoms with van der Waals surface area (Å²) in [6.45, 7) is 2.77. The van der Waals surface area contributed by atoms with Crippen LogP contribution in [0.3, 0.4) is 0 Å². The molecule has 0 aliphatic carbocycles. The molecule has 1 aromatic carbocycles. The van der Waals surface area contributed by atoms with Gasteiger partial charge in [-0.15, -0.1) is 0 Å². The maximum absolute atomic E-state index is 12.1. The lowest BCUT2D eigenvalue weighted by atomic mass is 10.1. The van der Waals surface area contributed by atoms with E-state index in [1.807, 2.05) is 31.2 Å².